The topological polar surface area (TPSA) is 107 Å². The van der Waals surface area contributed by atoms with Crippen molar-refractivity contribution in [2.24, 2.45) is 0 Å². The zero-order valence-electron chi connectivity index (χ0n) is 15.8. The summed E-state index contributed by atoms with van der Waals surface area (Å²) in [6.07, 6.45) is 2.48. The summed E-state index contributed by atoms with van der Waals surface area (Å²) in [6.45, 7) is 2.01. The third kappa shape index (κ3) is 4.11. The first-order chi connectivity index (χ1) is 13.2. The normalized spacial score (nSPS) is 11.2. The number of amides is 2. The van der Waals surface area contributed by atoms with Gasteiger partial charge >= 0.3 is 6.03 Å². The molecule has 2 amide bonds. The summed E-state index contributed by atoms with van der Waals surface area (Å²) in [5.41, 5.74) is 8.81. The van der Waals surface area contributed by atoms with Crippen molar-refractivity contribution < 1.29 is 9.53 Å². The van der Waals surface area contributed by atoms with Gasteiger partial charge in [0.15, 0.2) is 5.82 Å². The number of hydrogen-bond donors (Lipinski definition) is 3. The number of carbonyl (C=O) groups excluding carboxylic acids is 1. The van der Waals surface area contributed by atoms with Gasteiger partial charge in [0.25, 0.3) is 0 Å². The molecule has 0 aliphatic heterocycles. The van der Waals surface area contributed by atoms with E-state index in [9.17, 15) is 4.79 Å². The number of anilines is 1. The quantitative estimate of drug-likeness (QED) is 0.526. The lowest BCUT2D eigenvalue weighted by Gasteiger charge is -2.11. The molecule has 0 saturated heterocycles. The van der Waals surface area contributed by atoms with Gasteiger partial charge < -0.3 is 25.7 Å². The van der Waals surface area contributed by atoms with Crippen LogP contribution in [0, 0.1) is 0 Å². The van der Waals surface area contributed by atoms with Gasteiger partial charge in [0.05, 0.1) is 17.6 Å². The van der Waals surface area contributed by atoms with E-state index in [0.29, 0.717) is 25.4 Å². The number of ether oxygens (including phenoxy) is 1. The minimum absolute atomic E-state index is 0.159. The lowest BCUT2D eigenvalue weighted by atomic mass is 10.2. The Balaban J connectivity index is 1.91. The van der Waals surface area contributed by atoms with Crippen molar-refractivity contribution in [3.8, 4) is 0 Å². The van der Waals surface area contributed by atoms with Crippen LogP contribution < -0.4 is 16.4 Å². The molecule has 0 bridgehead atoms. The highest BCUT2D eigenvalue weighted by Crippen LogP contribution is 2.29. The lowest BCUT2D eigenvalue weighted by Crippen LogP contribution is -2.33. The van der Waals surface area contributed by atoms with Crippen molar-refractivity contribution >= 4 is 33.8 Å². The minimum atomic E-state index is -0.159. The molecule has 0 unspecified atom stereocenters. The van der Waals surface area contributed by atoms with E-state index in [1.54, 1.807) is 14.2 Å². The van der Waals surface area contributed by atoms with Crippen LogP contribution in [-0.2, 0) is 17.7 Å². The van der Waals surface area contributed by atoms with Crippen molar-refractivity contribution in [3.63, 3.8) is 0 Å². The fourth-order valence-corrected chi connectivity index (χ4v) is 3.22. The van der Waals surface area contributed by atoms with E-state index in [-0.39, 0.29) is 6.03 Å². The first-order valence-electron chi connectivity index (χ1n) is 9.13. The Hall–Kier alpha value is -2.87. The van der Waals surface area contributed by atoms with Crippen LogP contribution in [0.25, 0.3) is 21.9 Å². The molecule has 0 saturated carbocycles. The number of nitrogens with two attached hydrogens (primary N) is 1. The van der Waals surface area contributed by atoms with Crippen molar-refractivity contribution in [2.75, 3.05) is 33.0 Å². The molecule has 0 aliphatic carbocycles. The van der Waals surface area contributed by atoms with Gasteiger partial charge in [-0.2, -0.15) is 0 Å². The van der Waals surface area contributed by atoms with E-state index in [1.807, 2.05) is 18.2 Å². The number of para-hydroxylation sites is 1. The number of imidazole rings is 1. The van der Waals surface area contributed by atoms with Gasteiger partial charge in [0, 0.05) is 39.1 Å². The number of nitrogens with zero attached hydrogens (tertiary/aromatic N) is 3. The number of aromatic nitrogens is 3. The summed E-state index contributed by atoms with van der Waals surface area (Å²) in [5.74, 6) is 1.39. The highest BCUT2D eigenvalue weighted by atomic mass is 16.5. The first-order valence-corrected chi connectivity index (χ1v) is 9.13. The predicted octanol–water partition coefficient (Wildman–Crippen LogP) is 2.06. The molecule has 2 aromatic heterocycles. The summed E-state index contributed by atoms with van der Waals surface area (Å²) >= 11 is 0. The van der Waals surface area contributed by atoms with Gasteiger partial charge in [-0.05, 0) is 18.9 Å². The Morgan fingerprint density at radius 3 is 2.85 bits per heavy atom. The van der Waals surface area contributed by atoms with Crippen molar-refractivity contribution in [1.29, 1.82) is 0 Å². The van der Waals surface area contributed by atoms with Gasteiger partial charge in [0.1, 0.15) is 11.3 Å². The molecule has 0 spiro atoms. The van der Waals surface area contributed by atoms with E-state index in [4.69, 9.17) is 15.5 Å². The standard InChI is InChI=1S/C19H26N6O2/c1-21-19(26)22-10-5-6-11-25-15(9-12-27-2)24-16-17(25)13-7-3-4-8-14(13)23-18(16)20/h3-4,7-8H,5-6,9-12H2,1-2H3,(H2,20,23)(H2,21,22,26). The maximum atomic E-state index is 11.3. The van der Waals surface area contributed by atoms with Crippen LogP contribution >= 0.6 is 0 Å². The van der Waals surface area contributed by atoms with Crippen LogP contribution in [-0.4, -0.2) is 47.9 Å². The zero-order valence-corrected chi connectivity index (χ0v) is 15.8. The van der Waals surface area contributed by atoms with Gasteiger partial charge in [-0.3, -0.25) is 0 Å². The maximum Gasteiger partial charge on any atom is 0.314 e. The van der Waals surface area contributed by atoms with E-state index in [2.05, 4.69) is 26.3 Å². The molecule has 0 radical (unpaired) electrons. The van der Waals surface area contributed by atoms with E-state index in [1.165, 1.54) is 0 Å². The summed E-state index contributed by atoms with van der Waals surface area (Å²) in [4.78, 5) is 20.5. The van der Waals surface area contributed by atoms with Crippen LogP contribution in [0.5, 0.6) is 0 Å². The number of rotatable bonds is 8. The predicted molar refractivity (Wildman–Crippen MR) is 107 cm³/mol. The van der Waals surface area contributed by atoms with Crippen LogP contribution in [0.4, 0.5) is 10.6 Å². The first kappa shape index (κ1) is 18.9. The Labute approximate surface area is 158 Å². The molecule has 8 heteroatoms. The second-order valence-electron chi connectivity index (χ2n) is 6.35. The Bertz CT molecular complexity index is 937. The number of unbranched alkanes of at least 4 members (excludes halogenated alkanes) is 1. The van der Waals surface area contributed by atoms with Gasteiger partial charge in [-0.1, -0.05) is 18.2 Å². The third-order valence-corrected chi connectivity index (χ3v) is 4.54. The van der Waals surface area contributed by atoms with Crippen molar-refractivity contribution in [2.45, 2.75) is 25.8 Å². The molecule has 0 aliphatic rings. The van der Waals surface area contributed by atoms with Crippen LogP contribution in [0.1, 0.15) is 18.7 Å². The second-order valence-corrected chi connectivity index (χ2v) is 6.35. The smallest absolute Gasteiger partial charge is 0.314 e. The number of carbonyl (C=O) groups is 1. The molecule has 27 heavy (non-hydrogen) atoms. The van der Waals surface area contributed by atoms with Gasteiger partial charge in [-0.25, -0.2) is 14.8 Å². The number of methoxy groups -OCH3 is 1. The van der Waals surface area contributed by atoms with Gasteiger partial charge in [-0.15, -0.1) is 0 Å². The molecule has 144 valence electrons. The highest BCUT2D eigenvalue weighted by Gasteiger charge is 2.16. The molecule has 8 nitrogen and oxygen atoms in total. The number of benzene rings is 1. The summed E-state index contributed by atoms with van der Waals surface area (Å²) in [7, 11) is 3.29. The molecule has 1 aromatic carbocycles. The summed E-state index contributed by atoms with van der Waals surface area (Å²) in [5, 5.41) is 6.41. The lowest BCUT2D eigenvalue weighted by molar-refractivity contribution is 0.199. The van der Waals surface area contributed by atoms with Crippen LogP contribution in [0.2, 0.25) is 0 Å². The van der Waals surface area contributed by atoms with Crippen molar-refractivity contribution in [1.82, 2.24) is 25.2 Å². The molecule has 0 fully saturated rings. The van der Waals surface area contributed by atoms with Crippen LogP contribution in [0.3, 0.4) is 0 Å². The Kier molecular flexibility index (Phi) is 6.08. The molecule has 3 rings (SSSR count). The molecule has 2 heterocycles. The van der Waals surface area contributed by atoms with E-state index >= 15 is 0 Å². The van der Waals surface area contributed by atoms with Gasteiger partial charge in [0.2, 0.25) is 0 Å². The number of aryl methyl sites for hydroxylation is 1. The van der Waals surface area contributed by atoms with Crippen LogP contribution in [0.15, 0.2) is 24.3 Å². The number of nitrogen functional groups attached to an aromatic ring is 1. The Morgan fingerprint density at radius 2 is 2.07 bits per heavy atom. The number of urea groups is 1. The zero-order chi connectivity index (χ0) is 19.2. The van der Waals surface area contributed by atoms with E-state index in [0.717, 1.165) is 47.1 Å². The molecule has 0 atom stereocenters. The molecular weight excluding hydrogens is 344 g/mol. The summed E-state index contributed by atoms with van der Waals surface area (Å²) < 4.78 is 7.46. The molecule has 3 aromatic rings. The third-order valence-electron chi connectivity index (χ3n) is 4.54. The number of pyridine rings is 1. The SMILES string of the molecule is CNC(=O)NCCCCn1c(CCOC)nc2c(N)nc3ccccc3c21. The molecular formula is C19H26N6O2. The number of fused-ring (bicyclic) bond motifs is 3. The summed E-state index contributed by atoms with van der Waals surface area (Å²) in [6, 6.07) is 7.81. The highest BCUT2D eigenvalue weighted by molar-refractivity contribution is 6.06. The monoisotopic (exact) mass is 370 g/mol. The average Bonchev–Trinajstić information content (AvgIpc) is 3.05. The Morgan fingerprint density at radius 1 is 1.26 bits per heavy atom. The largest absolute Gasteiger partial charge is 0.384 e. The number of nitrogens with one attached hydrogen (secondary N) is 2. The van der Waals surface area contributed by atoms with E-state index < -0.39 is 0 Å². The minimum Gasteiger partial charge on any atom is -0.384 e. The number of hydrogen-bond acceptors (Lipinski definition) is 5. The fraction of sp³-hybridized carbons (Fsp3) is 0.421. The molecule has 4 N–H and O–H groups in total. The maximum absolute atomic E-state index is 11.3. The van der Waals surface area contributed by atoms with Crippen molar-refractivity contribution in [3.05, 3.63) is 30.1 Å². The fourth-order valence-electron chi connectivity index (χ4n) is 3.22. The second kappa shape index (κ2) is 8.68. The average molecular weight is 370 g/mol.